The Labute approximate surface area is 152 Å². The molecule has 0 aromatic heterocycles. The molecule has 1 saturated heterocycles. The molecule has 0 spiro atoms. The molecule has 3 amide bonds. The van der Waals surface area contributed by atoms with Gasteiger partial charge in [-0.15, -0.1) is 0 Å². The number of carbonyl (C=O) groups excluding carboxylic acids is 2. The second kappa shape index (κ2) is 6.84. The summed E-state index contributed by atoms with van der Waals surface area (Å²) in [5.74, 6) is -0.204. The first-order chi connectivity index (χ1) is 11.7. The Balaban J connectivity index is 1.69. The van der Waals surface area contributed by atoms with Gasteiger partial charge < -0.3 is 20.3 Å². The van der Waals surface area contributed by atoms with Crippen molar-refractivity contribution < 1.29 is 14.3 Å². The Kier molecular flexibility index (Phi) is 4.93. The number of carbonyl (C=O) groups is 2. The second-order valence-electron chi connectivity index (χ2n) is 7.44. The first kappa shape index (κ1) is 18.0. The molecule has 1 aliphatic heterocycles. The minimum absolute atomic E-state index is 0.0281. The monoisotopic (exact) mass is 365 g/mol. The first-order valence-corrected chi connectivity index (χ1v) is 8.95. The molecule has 1 aliphatic carbocycles. The molecule has 1 heterocycles. The summed E-state index contributed by atoms with van der Waals surface area (Å²) in [6.45, 7) is 6.91. The van der Waals surface area contributed by atoms with Gasteiger partial charge in [0.05, 0.1) is 28.8 Å². The van der Waals surface area contributed by atoms with Gasteiger partial charge in [0.25, 0.3) is 5.91 Å². The van der Waals surface area contributed by atoms with E-state index in [1.54, 1.807) is 23.1 Å². The Morgan fingerprint density at radius 1 is 1.32 bits per heavy atom. The molecule has 1 aromatic rings. The molecule has 2 N–H and O–H groups in total. The average molecular weight is 366 g/mol. The lowest BCUT2D eigenvalue weighted by molar-refractivity contribution is -0.116. The summed E-state index contributed by atoms with van der Waals surface area (Å²) in [6.07, 6.45) is 1.98. The highest BCUT2D eigenvalue weighted by atomic mass is 35.5. The first-order valence-electron chi connectivity index (χ1n) is 8.58. The Hall–Kier alpha value is -1.79. The van der Waals surface area contributed by atoms with Gasteiger partial charge in [-0.1, -0.05) is 11.6 Å². The van der Waals surface area contributed by atoms with E-state index in [1.165, 1.54) is 0 Å². The predicted octanol–water partition coefficient (Wildman–Crippen LogP) is 3.26. The highest BCUT2D eigenvalue weighted by molar-refractivity contribution is 6.34. The summed E-state index contributed by atoms with van der Waals surface area (Å²) < 4.78 is 5.82. The number of hydrogen-bond donors (Lipinski definition) is 2. The number of ether oxygens (including phenoxy) is 1. The van der Waals surface area contributed by atoms with Crippen molar-refractivity contribution in [3.63, 3.8) is 0 Å². The summed E-state index contributed by atoms with van der Waals surface area (Å²) in [7, 11) is 0. The predicted molar refractivity (Wildman–Crippen MR) is 97.2 cm³/mol. The third-order valence-corrected chi connectivity index (χ3v) is 4.56. The van der Waals surface area contributed by atoms with Crippen LogP contribution in [0.2, 0.25) is 5.02 Å². The maximum atomic E-state index is 12.6. The van der Waals surface area contributed by atoms with E-state index in [-0.39, 0.29) is 29.7 Å². The van der Waals surface area contributed by atoms with E-state index in [2.05, 4.69) is 10.6 Å². The molecule has 1 saturated carbocycles. The molecule has 136 valence electrons. The molecule has 2 aliphatic rings. The van der Waals surface area contributed by atoms with Crippen molar-refractivity contribution in [2.45, 2.75) is 51.4 Å². The summed E-state index contributed by atoms with van der Waals surface area (Å²) in [6, 6.07) is 4.99. The van der Waals surface area contributed by atoms with Crippen LogP contribution in [-0.4, -0.2) is 47.7 Å². The number of amides is 3. The smallest absolute Gasteiger partial charge is 0.322 e. The van der Waals surface area contributed by atoms with E-state index >= 15 is 0 Å². The van der Waals surface area contributed by atoms with Crippen LogP contribution < -0.4 is 10.6 Å². The van der Waals surface area contributed by atoms with E-state index in [4.69, 9.17) is 16.3 Å². The van der Waals surface area contributed by atoms with Gasteiger partial charge in [-0.05, 0) is 51.8 Å². The van der Waals surface area contributed by atoms with Crippen molar-refractivity contribution in [2.24, 2.45) is 0 Å². The van der Waals surface area contributed by atoms with Crippen molar-refractivity contribution >= 4 is 29.2 Å². The minimum Gasteiger partial charge on any atom is -0.369 e. The minimum atomic E-state index is -0.385. The lowest BCUT2D eigenvalue weighted by Crippen LogP contribution is -2.54. The number of halogens is 1. The van der Waals surface area contributed by atoms with Crippen LogP contribution in [0.25, 0.3) is 0 Å². The zero-order valence-corrected chi connectivity index (χ0v) is 15.5. The molecule has 2 fully saturated rings. The van der Waals surface area contributed by atoms with Crippen LogP contribution in [0.5, 0.6) is 0 Å². The third kappa shape index (κ3) is 4.64. The Morgan fingerprint density at radius 2 is 2.04 bits per heavy atom. The van der Waals surface area contributed by atoms with Gasteiger partial charge in [-0.25, -0.2) is 4.79 Å². The fraction of sp³-hybridized carbons (Fsp3) is 0.556. The average Bonchev–Trinajstić information content (AvgIpc) is 3.31. The van der Waals surface area contributed by atoms with Gasteiger partial charge in [0.15, 0.2) is 0 Å². The second-order valence-corrected chi connectivity index (χ2v) is 7.85. The van der Waals surface area contributed by atoms with E-state index in [9.17, 15) is 9.59 Å². The maximum Gasteiger partial charge on any atom is 0.322 e. The van der Waals surface area contributed by atoms with E-state index in [1.807, 2.05) is 20.8 Å². The zero-order valence-electron chi connectivity index (χ0n) is 14.8. The van der Waals surface area contributed by atoms with Gasteiger partial charge in [-0.3, -0.25) is 4.79 Å². The molecular formula is C18H24ClN3O3. The number of benzene rings is 1. The largest absolute Gasteiger partial charge is 0.369 e. The molecular weight excluding hydrogens is 342 g/mol. The number of anilines is 1. The molecule has 3 rings (SSSR count). The molecule has 0 unspecified atom stereocenters. The van der Waals surface area contributed by atoms with Crippen LogP contribution in [0.4, 0.5) is 10.5 Å². The van der Waals surface area contributed by atoms with Crippen LogP contribution in [0.1, 0.15) is 44.0 Å². The van der Waals surface area contributed by atoms with Crippen LogP contribution in [-0.2, 0) is 4.74 Å². The van der Waals surface area contributed by atoms with E-state index < -0.39 is 0 Å². The Morgan fingerprint density at radius 3 is 2.68 bits per heavy atom. The SMILES string of the molecule is C[C@@H]1CN(C(=O)Nc2ccc(Cl)c(C(=O)NC3CC3)c2)CC(C)(C)O1. The number of nitrogens with one attached hydrogen (secondary N) is 2. The fourth-order valence-corrected chi connectivity index (χ4v) is 3.28. The molecule has 1 aromatic carbocycles. The molecule has 6 nitrogen and oxygen atoms in total. The lowest BCUT2D eigenvalue weighted by atomic mass is 10.1. The van der Waals surface area contributed by atoms with Crippen molar-refractivity contribution in [1.29, 1.82) is 0 Å². The highest BCUT2D eigenvalue weighted by Gasteiger charge is 2.33. The third-order valence-electron chi connectivity index (χ3n) is 4.23. The van der Waals surface area contributed by atoms with Gasteiger partial charge in [-0.2, -0.15) is 0 Å². The van der Waals surface area contributed by atoms with Crippen molar-refractivity contribution in [2.75, 3.05) is 18.4 Å². The number of nitrogens with zero attached hydrogens (tertiary/aromatic N) is 1. The molecule has 0 radical (unpaired) electrons. The van der Waals surface area contributed by atoms with Crippen LogP contribution >= 0.6 is 11.6 Å². The van der Waals surface area contributed by atoms with Crippen LogP contribution in [0.3, 0.4) is 0 Å². The molecule has 25 heavy (non-hydrogen) atoms. The highest BCUT2D eigenvalue weighted by Crippen LogP contribution is 2.25. The van der Waals surface area contributed by atoms with Gasteiger partial charge in [0, 0.05) is 18.3 Å². The van der Waals surface area contributed by atoms with Crippen molar-refractivity contribution in [1.82, 2.24) is 10.2 Å². The number of urea groups is 1. The van der Waals surface area contributed by atoms with E-state index in [0.29, 0.717) is 29.4 Å². The van der Waals surface area contributed by atoms with Gasteiger partial charge >= 0.3 is 6.03 Å². The zero-order chi connectivity index (χ0) is 18.2. The lowest BCUT2D eigenvalue weighted by Gasteiger charge is -2.41. The van der Waals surface area contributed by atoms with Crippen LogP contribution in [0, 0.1) is 0 Å². The standard InChI is InChI=1S/C18H24ClN3O3/c1-11-9-22(10-18(2,3)25-11)17(24)21-13-6-7-15(19)14(8-13)16(23)20-12-4-5-12/h6-8,11-12H,4-5,9-10H2,1-3H3,(H,20,23)(H,21,24)/t11-/m1/s1. The van der Waals surface area contributed by atoms with Crippen molar-refractivity contribution in [3.05, 3.63) is 28.8 Å². The van der Waals surface area contributed by atoms with Gasteiger partial charge in [0.2, 0.25) is 0 Å². The fourth-order valence-electron chi connectivity index (χ4n) is 3.08. The molecule has 7 heteroatoms. The van der Waals surface area contributed by atoms with Crippen LogP contribution in [0.15, 0.2) is 18.2 Å². The number of morpholine rings is 1. The molecule has 0 bridgehead atoms. The van der Waals surface area contributed by atoms with E-state index in [0.717, 1.165) is 12.8 Å². The quantitative estimate of drug-likeness (QED) is 0.863. The normalized spacial score (nSPS) is 22.4. The maximum absolute atomic E-state index is 12.6. The molecule has 1 atom stereocenters. The summed E-state index contributed by atoms with van der Waals surface area (Å²) in [5.41, 5.74) is 0.541. The summed E-state index contributed by atoms with van der Waals surface area (Å²) in [5, 5.41) is 6.14. The number of rotatable bonds is 3. The number of hydrogen-bond acceptors (Lipinski definition) is 3. The van der Waals surface area contributed by atoms with Crippen molar-refractivity contribution in [3.8, 4) is 0 Å². The van der Waals surface area contributed by atoms with Gasteiger partial charge in [0.1, 0.15) is 0 Å². The topological polar surface area (TPSA) is 70.7 Å². The summed E-state index contributed by atoms with van der Waals surface area (Å²) in [4.78, 5) is 26.6. The summed E-state index contributed by atoms with van der Waals surface area (Å²) >= 11 is 6.14. The Bertz CT molecular complexity index is 688.